The Balaban J connectivity index is 0.000000252. The van der Waals surface area contributed by atoms with Gasteiger partial charge in [-0.2, -0.15) is 0 Å². The summed E-state index contributed by atoms with van der Waals surface area (Å²) in [5, 5.41) is 24.2. The van der Waals surface area contributed by atoms with E-state index < -0.39 is 24.5 Å². The smallest absolute Gasteiger partial charge is 0.497 e. The Hall–Kier alpha value is -4.13. The van der Waals surface area contributed by atoms with E-state index >= 15 is 0 Å². The number of methoxy groups -OCH3 is 1. The molecule has 1 aliphatic heterocycles. The molecule has 1 fully saturated rings. The van der Waals surface area contributed by atoms with E-state index in [0.717, 1.165) is 29.7 Å². The van der Waals surface area contributed by atoms with Crippen molar-refractivity contribution >= 4 is 35.4 Å². The molecule has 1 heterocycles. The number of hydrogen-bond acceptors (Lipinski definition) is 7. The van der Waals surface area contributed by atoms with Gasteiger partial charge in [0.25, 0.3) is 0 Å². The third-order valence-electron chi connectivity index (χ3n) is 7.29. The van der Waals surface area contributed by atoms with Gasteiger partial charge in [-0.15, -0.1) is 13.2 Å². The largest absolute Gasteiger partial charge is 0.573 e. The Morgan fingerprint density at radius 2 is 1.71 bits per heavy atom. The minimum Gasteiger partial charge on any atom is -0.497 e. The third-order valence-corrected chi connectivity index (χ3v) is 7.54. The number of carboxylic acids is 1. The van der Waals surface area contributed by atoms with Crippen LogP contribution in [0.3, 0.4) is 0 Å². The number of alkyl halides is 3. The van der Waals surface area contributed by atoms with E-state index in [1.807, 2.05) is 24.3 Å². The van der Waals surface area contributed by atoms with E-state index in [1.54, 1.807) is 51.3 Å². The maximum atomic E-state index is 13.0. The van der Waals surface area contributed by atoms with Crippen LogP contribution in [0.2, 0.25) is 5.02 Å². The number of nitrogens with two attached hydrogens (primary N) is 1. The molecule has 3 aromatic rings. The van der Waals surface area contributed by atoms with E-state index in [0.29, 0.717) is 22.8 Å². The van der Waals surface area contributed by atoms with Gasteiger partial charge in [0.1, 0.15) is 17.5 Å². The molecule has 45 heavy (non-hydrogen) atoms. The topological polar surface area (TPSA) is 146 Å². The number of rotatable bonds is 7. The summed E-state index contributed by atoms with van der Waals surface area (Å²) in [5.41, 5.74) is 8.70. The van der Waals surface area contributed by atoms with Crippen LogP contribution in [-0.2, 0) is 15.0 Å². The first kappa shape index (κ1) is 35.4. The molecule has 242 valence electrons. The van der Waals surface area contributed by atoms with Gasteiger partial charge >= 0.3 is 12.3 Å². The summed E-state index contributed by atoms with van der Waals surface area (Å²) >= 11 is 5.86. The Morgan fingerprint density at radius 1 is 1.07 bits per heavy atom. The van der Waals surface area contributed by atoms with Crippen LogP contribution in [0.25, 0.3) is 0 Å². The molecule has 2 aliphatic rings. The Kier molecular flexibility index (Phi) is 11.6. The molecule has 9 nitrogen and oxygen atoms in total. The van der Waals surface area contributed by atoms with Crippen molar-refractivity contribution in [3.05, 3.63) is 88.4 Å². The summed E-state index contributed by atoms with van der Waals surface area (Å²) in [4.78, 5) is 24.4. The first-order chi connectivity index (χ1) is 21.1. The highest BCUT2D eigenvalue weighted by atomic mass is 35.5. The lowest BCUT2D eigenvalue weighted by atomic mass is 9.99. The summed E-state index contributed by atoms with van der Waals surface area (Å²) < 4.78 is 46.7. The summed E-state index contributed by atoms with van der Waals surface area (Å²) in [7, 11) is 1.61. The van der Waals surface area contributed by atoms with Gasteiger partial charge in [-0.05, 0) is 65.8 Å². The van der Waals surface area contributed by atoms with Crippen molar-refractivity contribution in [3.8, 4) is 11.5 Å². The molecule has 0 saturated heterocycles. The molecule has 0 bridgehead atoms. The highest BCUT2D eigenvalue weighted by Crippen LogP contribution is 2.57. The molecule has 1 spiro atoms. The standard InChI is InChI=1S/C19H16ClF3N2O2.C8H9NO.C5H10O3/c20-12-3-1-11(2-4-12)16(24)17(26)25-10-18(7-8-18)14-6-5-13(9-15(14)25)27-19(21,22)23;1-10-8-4-2-3-7(5-8)6-9;1-3(2)4(6)5(7)8/h1-6,9,16H,7-8,10,24H2;2-6,9H,1H3;3-4,6H,1-2H3,(H,7,8). The van der Waals surface area contributed by atoms with Crippen molar-refractivity contribution in [2.24, 2.45) is 11.7 Å². The van der Waals surface area contributed by atoms with E-state index in [9.17, 15) is 22.8 Å². The zero-order chi connectivity index (χ0) is 33.5. The minimum atomic E-state index is -4.79. The van der Waals surface area contributed by atoms with E-state index in [4.69, 9.17) is 37.7 Å². The van der Waals surface area contributed by atoms with Crippen LogP contribution in [0.5, 0.6) is 11.5 Å². The fraction of sp³-hybridized carbons (Fsp3) is 0.344. The number of aliphatic hydroxyl groups excluding tert-OH is 1. The second kappa shape index (κ2) is 14.8. The van der Waals surface area contributed by atoms with E-state index in [2.05, 4.69) is 4.74 Å². The van der Waals surface area contributed by atoms with Crippen LogP contribution >= 0.6 is 11.6 Å². The second-order valence-corrected chi connectivity index (χ2v) is 11.3. The van der Waals surface area contributed by atoms with Crippen molar-refractivity contribution in [2.45, 2.75) is 50.6 Å². The number of nitrogens with one attached hydrogen (secondary N) is 1. The fourth-order valence-corrected chi connectivity index (χ4v) is 4.75. The van der Waals surface area contributed by atoms with Crippen LogP contribution in [0.4, 0.5) is 18.9 Å². The zero-order valence-electron chi connectivity index (χ0n) is 24.8. The zero-order valence-corrected chi connectivity index (χ0v) is 25.6. The predicted molar refractivity (Wildman–Crippen MR) is 164 cm³/mol. The van der Waals surface area contributed by atoms with Crippen LogP contribution in [0.15, 0.2) is 66.7 Å². The van der Waals surface area contributed by atoms with E-state index in [1.165, 1.54) is 23.2 Å². The number of aliphatic hydroxyl groups is 1. The molecule has 3 aromatic carbocycles. The number of carbonyl (C=O) groups excluding carboxylic acids is 1. The van der Waals surface area contributed by atoms with Gasteiger partial charge in [0.2, 0.25) is 5.91 Å². The number of carbonyl (C=O) groups is 2. The van der Waals surface area contributed by atoms with Crippen LogP contribution in [-0.4, -0.2) is 54.4 Å². The number of hydrogen-bond donors (Lipinski definition) is 4. The molecule has 1 saturated carbocycles. The van der Waals surface area contributed by atoms with Gasteiger partial charge in [-0.3, -0.25) is 4.79 Å². The molecule has 5 rings (SSSR count). The van der Waals surface area contributed by atoms with Crippen LogP contribution in [0, 0.1) is 11.3 Å². The second-order valence-electron chi connectivity index (χ2n) is 10.9. The average Bonchev–Trinajstić information content (AvgIpc) is 3.72. The number of ether oxygens (including phenoxy) is 2. The molecule has 1 amide bonds. The summed E-state index contributed by atoms with van der Waals surface area (Å²) in [6.45, 7) is 3.72. The normalized spacial score (nSPS) is 15.5. The lowest BCUT2D eigenvalue weighted by molar-refractivity contribution is -0.274. The van der Waals surface area contributed by atoms with E-state index in [-0.39, 0.29) is 23.0 Å². The fourth-order valence-electron chi connectivity index (χ4n) is 4.63. The number of nitrogens with zero attached hydrogens (tertiary/aromatic N) is 1. The van der Waals surface area contributed by atoms with Crippen molar-refractivity contribution in [1.29, 1.82) is 5.41 Å². The minimum absolute atomic E-state index is 0.179. The van der Waals surface area contributed by atoms with Crippen molar-refractivity contribution < 1.29 is 42.4 Å². The third kappa shape index (κ3) is 9.43. The maximum Gasteiger partial charge on any atom is 0.573 e. The molecule has 13 heteroatoms. The van der Waals surface area contributed by atoms with Crippen molar-refractivity contribution in [1.82, 2.24) is 0 Å². The van der Waals surface area contributed by atoms with Crippen LogP contribution in [0.1, 0.15) is 49.4 Å². The molecule has 1 aliphatic carbocycles. The number of fused-ring (bicyclic) bond motifs is 2. The Morgan fingerprint density at radius 3 is 2.20 bits per heavy atom. The van der Waals surface area contributed by atoms with Gasteiger partial charge in [0.05, 0.1) is 12.8 Å². The SMILES string of the molecule is CC(C)C(O)C(=O)O.COc1cccc(C=N)c1.NC(C(=O)N1CC2(CC2)c2ccc(OC(F)(F)F)cc21)c1ccc(Cl)cc1. The van der Waals surface area contributed by atoms with Crippen molar-refractivity contribution in [3.63, 3.8) is 0 Å². The molecular formula is C32H35ClF3N3O6. The van der Waals surface area contributed by atoms with Crippen LogP contribution < -0.4 is 20.1 Å². The molecule has 2 unspecified atom stereocenters. The number of amides is 1. The lowest BCUT2D eigenvalue weighted by Gasteiger charge is -2.22. The van der Waals surface area contributed by atoms with Gasteiger partial charge in [-0.25, -0.2) is 4.79 Å². The molecule has 0 radical (unpaired) electrons. The summed E-state index contributed by atoms with van der Waals surface area (Å²) in [6.07, 6.45) is -2.94. The first-order valence-corrected chi connectivity index (χ1v) is 14.3. The molecule has 2 atom stereocenters. The van der Waals surface area contributed by atoms with Gasteiger partial charge in [0.15, 0.2) is 6.10 Å². The monoisotopic (exact) mass is 649 g/mol. The lowest BCUT2D eigenvalue weighted by Crippen LogP contribution is -2.38. The summed E-state index contributed by atoms with van der Waals surface area (Å²) in [6, 6.07) is 17.2. The number of carboxylic acid groups (broad SMARTS) is 1. The molecule has 0 aromatic heterocycles. The molecule has 5 N–H and O–H groups in total. The van der Waals surface area contributed by atoms with Gasteiger partial charge in [-0.1, -0.05) is 55.8 Å². The highest BCUT2D eigenvalue weighted by Gasteiger charge is 2.53. The summed E-state index contributed by atoms with van der Waals surface area (Å²) in [5.74, 6) is -1.28. The average molecular weight is 650 g/mol. The van der Waals surface area contributed by atoms with Gasteiger partial charge < -0.3 is 35.7 Å². The number of halogens is 4. The number of benzene rings is 3. The van der Waals surface area contributed by atoms with Crippen molar-refractivity contribution in [2.75, 3.05) is 18.6 Å². The Labute approximate surface area is 263 Å². The first-order valence-electron chi connectivity index (χ1n) is 13.9. The number of anilines is 1. The predicted octanol–water partition coefficient (Wildman–Crippen LogP) is 6.10. The van der Waals surface area contributed by atoms with Gasteiger partial charge in [0, 0.05) is 29.3 Å². The number of aliphatic carboxylic acids is 1. The Bertz CT molecular complexity index is 1500. The quantitative estimate of drug-likeness (QED) is 0.226. The molecular weight excluding hydrogens is 615 g/mol. The highest BCUT2D eigenvalue weighted by molar-refractivity contribution is 6.30. The maximum absolute atomic E-state index is 13.0.